The lowest BCUT2D eigenvalue weighted by Crippen LogP contribution is -2.32. The molecule has 0 aromatic heterocycles. The molecule has 0 bridgehead atoms. The van der Waals surface area contributed by atoms with Crippen LogP contribution in [0.5, 0.6) is 0 Å². The SMILES string of the molecule is CN(C)C1CCN(c2c(F)cccc2CCN)C1. The molecule has 2 rings (SSSR count). The van der Waals surface area contributed by atoms with Gasteiger partial charge in [0.25, 0.3) is 0 Å². The summed E-state index contributed by atoms with van der Waals surface area (Å²) in [6, 6.07) is 5.80. The van der Waals surface area contributed by atoms with E-state index in [1.54, 1.807) is 12.1 Å². The van der Waals surface area contributed by atoms with Gasteiger partial charge in [-0.15, -0.1) is 0 Å². The van der Waals surface area contributed by atoms with E-state index in [0.29, 0.717) is 12.6 Å². The van der Waals surface area contributed by atoms with Crippen LogP contribution in [0.25, 0.3) is 0 Å². The van der Waals surface area contributed by atoms with Gasteiger partial charge in [-0.1, -0.05) is 12.1 Å². The van der Waals surface area contributed by atoms with Gasteiger partial charge in [0.05, 0.1) is 5.69 Å². The molecule has 0 radical (unpaired) electrons. The normalized spacial score (nSPS) is 19.8. The van der Waals surface area contributed by atoms with Gasteiger partial charge in [0.1, 0.15) is 5.82 Å². The van der Waals surface area contributed by atoms with Gasteiger partial charge >= 0.3 is 0 Å². The average Bonchev–Trinajstić information content (AvgIpc) is 2.79. The molecule has 1 aliphatic rings. The van der Waals surface area contributed by atoms with E-state index in [1.807, 2.05) is 6.07 Å². The molecule has 1 fully saturated rings. The Kier molecular flexibility index (Phi) is 4.19. The minimum Gasteiger partial charge on any atom is -0.367 e. The van der Waals surface area contributed by atoms with Gasteiger partial charge in [-0.25, -0.2) is 4.39 Å². The second kappa shape index (κ2) is 5.67. The molecular formula is C14H22FN3. The average molecular weight is 251 g/mol. The molecule has 1 unspecified atom stereocenters. The number of likely N-dealkylation sites (N-methyl/N-ethyl adjacent to an activating group) is 1. The molecule has 0 spiro atoms. The maximum atomic E-state index is 14.1. The molecule has 0 aliphatic carbocycles. The van der Waals surface area contributed by atoms with Crippen LogP contribution in [0.3, 0.4) is 0 Å². The molecule has 100 valence electrons. The summed E-state index contributed by atoms with van der Waals surface area (Å²) in [5.74, 6) is -0.125. The molecule has 1 heterocycles. The van der Waals surface area contributed by atoms with Gasteiger partial charge in [-0.05, 0) is 45.1 Å². The minimum atomic E-state index is -0.125. The number of hydrogen-bond donors (Lipinski definition) is 1. The van der Waals surface area contributed by atoms with Crippen LogP contribution >= 0.6 is 0 Å². The summed E-state index contributed by atoms with van der Waals surface area (Å²) in [7, 11) is 4.16. The zero-order valence-electron chi connectivity index (χ0n) is 11.2. The number of nitrogens with two attached hydrogens (primary N) is 1. The van der Waals surface area contributed by atoms with Gasteiger partial charge in [-0.2, -0.15) is 0 Å². The number of halogens is 1. The Balaban J connectivity index is 2.23. The lowest BCUT2D eigenvalue weighted by Gasteiger charge is -2.24. The molecule has 0 amide bonds. The van der Waals surface area contributed by atoms with E-state index < -0.39 is 0 Å². The van der Waals surface area contributed by atoms with Gasteiger partial charge in [0, 0.05) is 19.1 Å². The van der Waals surface area contributed by atoms with E-state index in [2.05, 4.69) is 23.9 Å². The Labute approximate surface area is 108 Å². The smallest absolute Gasteiger partial charge is 0.146 e. The summed E-state index contributed by atoms with van der Waals surface area (Å²) in [6.45, 7) is 2.37. The highest BCUT2D eigenvalue weighted by molar-refractivity contribution is 5.56. The van der Waals surface area contributed by atoms with Crippen LogP contribution in [0.4, 0.5) is 10.1 Å². The quantitative estimate of drug-likeness (QED) is 0.879. The zero-order chi connectivity index (χ0) is 13.1. The Bertz CT molecular complexity index is 406. The molecule has 0 saturated carbocycles. The second-order valence-corrected chi connectivity index (χ2v) is 5.14. The van der Waals surface area contributed by atoms with Crippen molar-refractivity contribution in [2.75, 3.05) is 38.6 Å². The fourth-order valence-corrected chi connectivity index (χ4v) is 2.64. The number of nitrogens with zero attached hydrogens (tertiary/aromatic N) is 2. The van der Waals surface area contributed by atoms with Gasteiger partial charge in [-0.3, -0.25) is 0 Å². The largest absolute Gasteiger partial charge is 0.367 e. The second-order valence-electron chi connectivity index (χ2n) is 5.14. The third-order valence-corrected chi connectivity index (χ3v) is 3.69. The highest BCUT2D eigenvalue weighted by atomic mass is 19.1. The number of para-hydroxylation sites is 1. The summed E-state index contributed by atoms with van der Waals surface area (Å²) in [6.07, 6.45) is 1.82. The van der Waals surface area contributed by atoms with E-state index in [9.17, 15) is 4.39 Å². The van der Waals surface area contributed by atoms with Crippen LogP contribution in [-0.4, -0.2) is 44.7 Å². The van der Waals surface area contributed by atoms with Crippen molar-refractivity contribution < 1.29 is 4.39 Å². The third kappa shape index (κ3) is 2.65. The number of rotatable bonds is 4. The van der Waals surface area contributed by atoms with E-state index in [0.717, 1.165) is 37.2 Å². The summed E-state index contributed by atoms with van der Waals surface area (Å²) >= 11 is 0. The van der Waals surface area contributed by atoms with Crippen molar-refractivity contribution in [2.45, 2.75) is 18.9 Å². The Morgan fingerprint density at radius 3 is 2.83 bits per heavy atom. The first-order valence-corrected chi connectivity index (χ1v) is 6.52. The molecule has 1 aromatic carbocycles. The van der Waals surface area contributed by atoms with Crippen LogP contribution in [0.1, 0.15) is 12.0 Å². The molecule has 1 aromatic rings. The monoisotopic (exact) mass is 251 g/mol. The fraction of sp³-hybridized carbons (Fsp3) is 0.571. The Morgan fingerprint density at radius 1 is 1.44 bits per heavy atom. The van der Waals surface area contributed by atoms with E-state index in [-0.39, 0.29) is 5.82 Å². The molecule has 18 heavy (non-hydrogen) atoms. The van der Waals surface area contributed by atoms with Crippen LogP contribution in [-0.2, 0) is 6.42 Å². The first kappa shape index (κ1) is 13.3. The van der Waals surface area contributed by atoms with Gasteiger partial charge < -0.3 is 15.5 Å². The van der Waals surface area contributed by atoms with Crippen molar-refractivity contribution in [2.24, 2.45) is 5.73 Å². The van der Waals surface area contributed by atoms with Crippen molar-refractivity contribution >= 4 is 5.69 Å². The molecule has 3 nitrogen and oxygen atoms in total. The highest BCUT2D eigenvalue weighted by Crippen LogP contribution is 2.29. The predicted octanol–water partition coefficient (Wildman–Crippen LogP) is 1.47. The van der Waals surface area contributed by atoms with Crippen molar-refractivity contribution in [1.29, 1.82) is 0 Å². The molecule has 1 atom stereocenters. The molecule has 1 saturated heterocycles. The highest BCUT2D eigenvalue weighted by Gasteiger charge is 2.27. The van der Waals surface area contributed by atoms with Crippen molar-refractivity contribution in [3.8, 4) is 0 Å². The molecule has 2 N–H and O–H groups in total. The van der Waals surface area contributed by atoms with Crippen molar-refractivity contribution in [3.63, 3.8) is 0 Å². The van der Waals surface area contributed by atoms with E-state index in [4.69, 9.17) is 5.73 Å². The van der Waals surface area contributed by atoms with E-state index >= 15 is 0 Å². The van der Waals surface area contributed by atoms with Crippen LogP contribution < -0.4 is 10.6 Å². The number of hydrogen-bond acceptors (Lipinski definition) is 3. The Hall–Kier alpha value is -1.13. The summed E-state index contributed by atoms with van der Waals surface area (Å²) in [5, 5.41) is 0. The minimum absolute atomic E-state index is 0.125. The first-order chi connectivity index (χ1) is 8.63. The van der Waals surface area contributed by atoms with Crippen molar-refractivity contribution in [3.05, 3.63) is 29.6 Å². The van der Waals surface area contributed by atoms with Crippen molar-refractivity contribution in [1.82, 2.24) is 4.90 Å². The summed E-state index contributed by atoms with van der Waals surface area (Å²) in [5.41, 5.74) is 7.39. The number of anilines is 1. The summed E-state index contributed by atoms with van der Waals surface area (Å²) in [4.78, 5) is 4.37. The summed E-state index contributed by atoms with van der Waals surface area (Å²) < 4.78 is 14.1. The van der Waals surface area contributed by atoms with Gasteiger partial charge in [0.2, 0.25) is 0 Å². The molecular weight excluding hydrogens is 229 g/mol. The Morgan fingerprint density at radius 2 is 2.22 bits per heavy atom. The van der Waals surface area contributed by atoms with Crippen LogP contribution in [0.15, 0.2) is 18.2 Å². The third-order valence-electron chi connectivity index (χ3n) is 3.69. The van der Waals surface area contributed by atoms with Gasteiger partial charge in [0.15, 0.2) is 0 Å². The number of benzene rings is 1. The lowest BCUT2D eigenvalue weighted by molar-refractivity contribution is 0.315. The van der Waals surface area contributed by atoms with Crippen LogP contribution in [0, 0.1) is 5.82 Å². The standard InChI is InChI=1S/C14H22FN3/c1-17(2)12-7-9-18(10-12)14-11(6-8-16)4-3-5-13(14)15/h3-5,12H,6-10,16H2,1-2H3. The molecule has 1 aliphatic heterocycles. The van der Waals surface area contributed by atoms with Crippen LogP contribution in [0.2, 0.25) is 0 Å². The predicted molar refractivity (Wildman–Crippen MR) is 73.5 cm³/mol. The van der Waals surface area contributed by atoms with E-state index in [1.165, 1.54) is 0 Å². The fourth-order valence-electron chi connectivity index (χ4n) is 2.64. The topological polar surface area (TPSA) is 32.5 Å². The first-order valence-electron chi connectivity index (χ1n) is 6.52. The maximum Gasteiger partial charge on any atom is 0.146 e. The maximum absolute atomic E-state index is 14.1. The zero-order valence-corrected chi connectivity index (χ0v) is 11.2. The lowest BCUT2D eigenvalue weighted by atomic mass is 10.1. The molecule has 4 heteroatoms.